The number of benzene rings is 1. The van der Waals surface area contributed by atoms with Gasteiger partial charge in [0.2, 0.25) is 0 Å². The number of hydrogen-bond acceptors (Lipinski definition) is 2. The van der Waals surface area contributed by atoms with Crippen LogP contribution in [0.15, 0.2) is 30.3 Å². The van der Waals surface area contributed by atoms with Gasteiger partial charge in [0, 0.05) is 5.75 Å². The molecule has 0 spiro atoms. The van der Waals surface area contributed by atoms with Crippen LogP contribution >= 0.6 is 11.8 Å². The van der Waals surface area contributed by atoms with Crippen molar-refractivity contribution in [1.82, 2.24) is 0 Å². The molecule has 0 saturated carbocycles. The van der Waals surface area contributed by atoms with E-state index in [1.165, 1.54) is 0 Å². The lowest BCUT2D eigenvalue weighted by molar-refractivity contribution is 0.0234. The molecule has 1 saturated heterocycles. The highest BCUT2D eigenvalue weighted by Crippen LogP contribution is 2.40. The molecular formula is C11H14OS. The molecule has 0 radical (unpaired) electrons. The maximum Gasteiger partial charge on any atom is 0.102 e. The average molecular weight is 194 g/mol. The second kappa shape index (κ2) is 3.35. The smallest absolute Gasteiger partial charge is 0.102 e. The summed E-state index contributed by atoms with van der Waals surface area (Å²) in [6.45, 7) is 2.12. The van der Waals surface area contributed by atoms with Gasteiger partial charge in [-0.15, -0.1) is 0 Å². The lowest BCUT2D eigenvalue weighted by Crippen LogP contribution is -2.32. The minimum absolute atomic E-state index is 0.361. The van der Waals surface area contributed by atoms with E-state index in [0.717, 1.165) is 17.1 Å². The Balaban J connectivity index is 2.34. The molecule has 2 heteroatoms. The first-order chi connectivity index (χ1) is 6.23. The summed E-state index contributed by atoms with van der Waals surface area (Å²) in [5.74, 6) is 2.25. The van der Waals surface area contributed by atoms with Crippen LogP contribution in [0.3, 0.4) is 0 Å². The largest absolute Gasteiger partial charge is 0.384 e. The monoisotopic (exact) mass is 194 g/mol. The minimum Gasteiger partial charge on any atom is -0.384 e. The molecule has 13 heavy (non-hydrogen) atoms. The van der Waals surface area contributed by atoms with Crippen molar-refractivity contribution in [3.8, 4) is 0 Å². The van der Waals surface area contributed by atoms with Gasteiger partial charge in [0.1, 0.15) is 5.60 Å². The van der Waals surface area contributed by atoms with E-state index >= 15 is 0 Å². The van der Waals surface area contributed by atoms with Crippen LogP contribution in [0.2, 0.25) is 0 Å². The van der Waals surface area contributed by atoms with E-state index in [4.69, 9.17) is 0 Å². The summed E-state index contributed by atoms with van der Waals surface area (Å²) in [6, 6.07) is 10.00. The second-order valence-electron chi connectivity index (χ2n) is 3.71. The zero-order valence-electron chi connectivity index (χ0n) is 7.73. The highest BCUT2D eigenvalue weighted by Gasteiger charge is 2.40. The Labute approximate surface area is 83.2 Å². The van der Waals surface area contributed by atoms with Gasteiger partial charge in [0.15, 0.2) is 0 Å². The highest BCUT2D eigenvalue weighted by molar-refractivity contribution is 7.99. The van der Waals surface area contributed by atoms with Crippen molar-refractivity contribution >= 4 is 11.8 Å². The lowest BCUT2D eigenvalue weighted by Gasteiger charge is -2.27. The fourth-order valence-electron chi connectivity index (χ4n) is 1.77. The molecule has 0 bridgehead atoms. The maximum atomic E-state index is 10.4. The Kier molecular flexibility index (Phi) is 2.35. The molecule has 2 atom stereocenters. The van der Waals surface area contributed by atoms with Crippen molar-refractivity contribution in [1.29, 1.82) is 0 Å². The zero-order valence-corrected chi connectivity index (χ0v) is 8.55. The third-order valence-corrected chi connectivity index (χ3v) is 4.16. The van der Waals surface area contributed by atoms with Crippen LogP contribution < -0.4 is 0 Å². The fourth-order valence-corrected chi connectivity index (χ4v) is 3.28. The van der Waals surface area contributed by atoms with E-state index in [2.05, 4.69) is 6.92 Å². The van der Waals surface area contributed by atoms with Crippen LogP contribution in [0.1, 0.15) is 12.5 Å². The van der Waals surface area contributed by atoms with Gasteiger partial charge in [0.25, 0.3) is 0 Å². The van der Waals surface area contributed by atoms with Crippen molar-refractivity contribution in [2.75, 3.05) is 11.5 Å². The van der Waals surface area contributed by atoms with Gasteiger partial charge in [-0.3, -0.25) is 0 Å². The molecule has 1 aliphatic rings. The molecule has 1 nitrogen and oxygen atoms in total. The van der Waals surface area contributed by atoms with Crippen LogP contribution in [-0.4, -0.2) is 16.6 Å². The Morgan fingerprint density at radius 1 is 1.38 bits per heavy atom. The summed E-state index contributed by atoms with van der Waals surface area (Å²) in [4.78, 5) is 0. The molecule has 1 aromatic carbocycles. The normalized spacial score (nSPS) is 33.5. The first kappa shape index (κ1) is 9.10. The SMILES string of the molecule is C[C@H]1CSC[C@@]1(O)c1ccccc1. The summed E-state index contributed by atoms with van der Waals surface area (Å²) in [6.07, 6.45) is 0. The highest BCUT2D eigenvalue weighted by atomic mass is 32.2. The second-order valence-corrected chi connectivity index (χ2v) is 4.74. The number of hydrogen-bond donors (Lipinski definition) is 1. The molecule has 0 aromatic heterocycles. The van der Waals surface area contributed by atoms with E-state index in [1.54, 1.807) is 0 Å². The molecule has 0 unspecified atom stereocenters. The van der Waals surface area contributed by atoms with E-state index in [1.807, 2.05) is 42.1 Å². The topological polar surface area (TPSA) is 20.2 Å². The first-order valence-corrected chi connectivity index (χ1v) is 5.74. The van der Waals surface area contributed by atoms with E-state index in [-0.39, 0.29) is 0 Å². The van der Waals surface area contributed by atoms with Crippen LogP contribution in [0.4, 0.5) is 0 Å². The maximum absolute atomic E-state index is 10.4. The van der Waals surface area contributed by atoms with Crippen LogP contribution in [0.5, 0.6) is 0 Å². The predicted octanol–water partition coefficient (Wildman–Crippen LogP) is 2.26. The van der Waals surface area contributed by atoms with Crippen molar-refractivity contribution in [3.63, 3.8) is 0 Å². The molecule has 1 N–H and O–H groups in total. The van der Waals surface area contributed by atoms with Crippen molar-refractivity contribution < 1.29 is 5.11 Å². The Morgan fingerprint density at radius 3 is 2.62 bits per heavy atom. The molecule has 1 aliphatic heterocycles. The zero-order chi connectivity index (χ0) is 9.31. The van der Waals surface area contributed by atoms with E-state index in [0.29, 0.717) is 5.92 Å². The van der Waals surface area contributed by atoms with Gasteiger partial charge in [-0.1, -0.05) is 37.3 Å². The van der Waals surface area contributed by atoms with E-state index < -0.39 is 5.60 Å². The first-order valence-electron chi connectivity index (χ1n) is 4.59. The summed E-state index contributed by atoms with van der Waals surface area (Å²) < 4.78 is 0. The molecule has 70 valence electrons. The molecule has 0 amide bonds. The molecule has 0 aliphatic carbocycles. The lowest BCUT2D eigenvalue weighted by atomic mass is 9.85. The Hall–Kier alpha value is -0.470. The van der Waals surface area contributed by atoms with Gasteiger partial charge in [-0.05, 0) is 17.2 Å². The Bertz CT molecular complexity index is 285. The van der Waals surface area contributed by atoms with Crippen LogP contribution in [-0.2, 0) is 5.60 Å². The van der Waals surface area contributed by atoms with Crippen molar-refractivity contribution in [2.45, 2.75) is 12.5 Å². The van der Waals surface area contributed by atoms with Gasteiger partial charge < -0.3 is 5.11 Å². The number of aliphatic hydroxyl groups is 1. The summed E-state index contributed by atoms with van der Waals surface area (Å²) in [7, 11) is 0. The van der Waals surface area contributed by atoms with Crippen LogP contribution in [0, 0.1) is 5.92 Å². The molecule has 1 aromatic rings. The van der Waals surface area contributed by atoms with Crippen LogP contribution in [0.25, 0.3) is 0 Å². The van der Waals surface area contributed by atoms with Crippen molar-refractivity contribution in [3.05, 3.63) is 35.9 Å². The molecule has 1 fully saturated rings. The van der Waals surface area contributed by atoms with Gasteiger partial charge in [0.05, 0.1) is 0 Å². The summed E-state index contributed by atoms with van der Waals surface area (Å²) >= 11 is 1.83. The molecular weight excluding hydrogens is 180 g/mol. The summed E-state index contributed by atoms with van der Waals surface area (Å²) in [5.41, 5.74) is 0.471. The fraction of sp³-hybridized carbons (Fsp3) is 0.455. The number of rotatable bonds is 1. The predicted molar refractivity (Wildman–Crippen MR) is 56.8 cm³/mol. The van der Waals surface area contributed by atoms with Gasteiger partial charge in [-0.2, -0.15) is 11.8 Å². The van der Waals surface area contributed by atoms with E-state index in [9.17, 15) is 5.11 Å². The third-order valence-electron chi connectivity index (χ3n) is 2.78. The summed E-state index contributed by atoms with van der Waals surface area (Å²) in [5, 5.41) is 10.4. The quantitative estimate of drug-likeness (QED) is 0.740. The third kappa shape index (κ3) is 1.49. The van der Waals surface area contributed by atoms with Gasteiger partial charge in [-0.25, -0.2) is 0 Å². The van der Waals surface area contributed by atoms with Gasteiger partial charge >= 0.3 is 0 Å². The van der Waals surface area contributed by atoms with Crippen molar-refractivity contribution in [2.24, 2.45) is 5.92 Å². The standard InChI is InChI=1S/C11H14OS/c1-9-7-13-8-11(9,12)10-5-3-2-4-6-10/h2-6,9,12H,7-8H2,1H3/t9-,11-/m0/s1. The molecule has 1 heterocycles. The minimum atomic E-state index is -0.591. The Morgan fingerprint density at radius 2 is 2.08 bits per heavy atom. The number of thioether (sulfide) groups is 1. The molecule has 2 rings (SSSR count). The average Bonchev–Trinajstić information content (AvgIpc) is 2.50.